The average molecular weight is 394 g/mol. The lowest BCUT2D eigenvalue weighted by atomic mass is 10.2. The molecule has 9 heteroatoms. The summed E-state index contributed by atoms with van der Waals surface area (Å²) in [4.78, 5) is 25.8. The summed E-state index contributed by atoms with van der Waals surface area (Å²) in [6.07, 6.45) is 1.96. The highest BCUT2D eigenvalue weighted by Gasteiger charge is 2.34. The van der Waals surface area contributed by atoms with Crippen LogP contribution in [0, 0.1) is 12.7 Å². The van der Waals surface area contributed by atoms with Gasteiger partial charge in [0.15, 0.2) is 4.34 Å². The second kappa shape index (κ2) is 7.71. The smallest absolute Gasteiger partial charge is 0.237 e. The van der Waals surface area contributed by atoms with E-state index >= 15 is 0 Å². The first-order valence-corrected chi connectivity index (χ1v) is 9.91. The number of carbonyl (C=O) groups excluding carboxylic acids is 2. The van der Waals surface area contributed by atoms with Gasteiger partial charge in [0.25, 0.3) is 0 Å². The molecule has 1 fully saturated rings. The van der Waals surface area contributed by atoms with Crippen molar-refractivity contribution in [3.8, 4) is 0 Å². The van der Waals surface area contributed by atoms with Crippen molar-refractivity contribution in [3.63, 3.8) is 0 Å². The van der Waals surface area contributed by atoms with Crippen molar-refractivity contribution in [2.24, 2.45) is 0 Å². The Balaban J connectivity index is 1.62. The fourth-order valence-corrected chi connectivity index (χ4v) is 4.45. The molecule has 1 saturated carbocycles. The molecule has 3 rings (SSSR count). The maximum atomic E-state index is 13.6. The molecule has 2 amide bonds. The molecule has 6 nitrogen and oxygen atoms in total. The van der Waals surface area contributed by atoms with Gasteiger partial charge in [0.2, 0.25) is 16.9 Å². The van der Waals surface area contributed by atoms with Crippen LogP contribution in [0.1, 0.15) is 32.3 Å². The molecule has 0 aliphatic heterocycles. The van der Waals surface area contributed by atoms with E-state index in [0.717, 1.165) is 12.8 Å². The number of thioether (sulfide) groups is 1. The molecule has 0 bridgehead atoms. The van der Waals surface area contributed by atoms with E-state index in [0.29, 0.717) is 20.7 Å². The van der Waals surface area contributed by atoms with E-state index in [-0.39, 0.29) is 23.7 Å². The zero-order valence-corrected chi connectivity index (χ0v) is 16.3. The minimum absolute atomic E-state index is 0.0487. The number of hydrogen-bond acceptors (Lipinski definition) is 6. The predicted molar refractivity (Wildman–Crippen MR) is 101 cm³/mol. The van der Waals surface area contributed by atoms with Crippen molar-refractivity contribution in [1.82, 2.24) is 10.2 Å². The van der Waals surface area contributed by atoms with Crippen LogP contribution in [0.3, 0.4) is 0 Å². The first kappa shape index (κ1) is 18.8. The highest BCUT2D eigenvalue weighted by Crippen LogP contribution is 2.36. The highest BCUT2D eigenvalue weighted by molar-refractivity contribution is 8.02. The van der Waals surface area contributed by atoms with Crippen LogP contribution in [0.5, 0.6) is 0 Å². The minimum Gasteiger partial charge on any atom is -0.325 e. The third kappa shape index (κ3) is 4.39. The highest BCUT2D eigenvalue weighted by atomic mass is 32.2. The van der Waals surface area contributed by atoms with Crippen molar-refractivity contribution >= 4 is 45.7 Å². The monoisotopic (exact) mass is 394 g/mol. The third-order valence-electron chi connectivity index (χ3n) is 3.94. The molecule has 1 N–H and O–H groups in total. The van der Waals surface area contributed by atoms with Crippen LogP contribution in [0.4, 0.5) is 15.2 Å². The zero-order chi connectivity index (χ0) is 18.8. The molecule has 0 radical (unpaired) electrons. The van der Waals surface area contributed by atoms with Crippen molar-refractivity contribution in [3.05, 3.63) is 29.6 Å². The third-order valence-corrected chi connectivity index (χ3v) is 6.05. The molecule has 26 heavy (non-hydrogen) atoms. The lowest BCUT2D eigenvalue weighted by Crippen LogP contribution is -2.30. The summed E-state index contributed by atoms with van der Waals surface area (Å²) >= 11 is 2.56. The van der Waals surface area contributed by atoms with Gasteiger partial charge in [-0.3, -0.25) is 14.5 Å². The van der Waals surface area contributed by atoms with Gasteiger partial charge in [0, 0.05) is 18.7 Å². The van der Waals surface area contributed by atoms with Crippen LogP contribution >= 0.6 is 23.1 Å². The van der Waals surface area contributed by atoms with Crippen LogP contribution in [-0.4, -0.2) is 33.3 Å². The SMILES string of the molecule is CC(=O)N(c1nnc(SC(C)C(=O)Nc2ccc(C)c(F)c2)s1)C1CC1. The molecule has 138 valence electrons. The van der Waals surface area contributed by atoms with Gasteiger partial charge in [-0.1, -0.05) is 29.2 Å². The first-order chi connectivity index (χ1) is 12.3. The first-order valence-electron chi connectivity index (χ1n) is 8.22. The molecule has 1 aliphatic rings. The number of aromatic nitrogens is 2. The van der Waals surface area contributed by atoms with Crippen molar-refractivity contribution in [2.75, 3.05) is 10.2 Å². The molecule has 1 aromatic carbocycles. The molecule has 1 atom stereocenters. The molecular weight excluding hydrogens is 375 g/mol. The Kier molecular flexibility index (Phi) is 5.57. The summed E-state index contributed by atoms with van der Waals surface area (Å²) in [5.41, 5.74) is 0.942. The summed E-state index contributed by atoms with van der Waals surface area (Å²) in [6.45, 7) is 4.93. The molecule has 0 saturated heterocycles. The normalized spacial score (nSPS) is 14.8. The Morgan fingerprint density at radius 1 is 1.38 bits per heavy atom. The molecule has 0 spiro atoms. The molecule has 1 unspecified atom stereocenters. The van der Waals surface area contributed by atoms with E-state index < -0.39 is 5.25 Å². The van der Waals surface area contributed by atoms with E-state index in [4.69, 9.17) is 0 Å². The fraction of sp³-hybridized carbons (Fsp3) is 0.412. The Labute approximate surface area is 159 Å². The maximum absolute atomic E-state index is 13.6. The summed E-state index contributed by atoms with van der Waals surface area (Å²) in [5.74, 6) is -0.658. The number of aryl methyl sites for hydroxylation is 1. The van der Waals surface area contributed by atoms with Gasteiger partial charge in [-0.05, 0) is 44.4 Å². The largest absolute Gasteiger partial charge is 0.325 e. The number of carbonyl (C=O) groups is 2. The molecule has 1 aromatic heterocycles. The van der Waals surface area contributed by atoms with Gasteiger partial charge in [-0.15, -0.1) is 10.2 Å². The van der Waals surface area contributed by atoms with E-state index in [1.165, 1.54) is 36.1 Å². The van der Waals surface area contributed by atoms with E-state index in [1.54, 1.807) is 30.9 Å². The number of anilines is 2. The molecular formula is C17H19FN4O2S2. The van der Waals surface area contributed by atoms with Crippen molar-refractivity contribution < 1.29 is 14.0 Å². The van der Waals surface area contributed by atoms with Gasteiger partial charge in [-0.25, -0.2) is 4.39 Å². The number of hydrogen-bond donors (Lipinski definition) is 1. The van der Waals surface area contributed by atoms with Gasteiger partial charge < -0.3 is 5.32 Å². The van der Waals surface area contributed by atoms with Gasteiger partial charge in [0.1, 0.15) is 5.82 Å². The minimum atomic E-state index is -0.438. The van der Waals surface area contributed by atoms with Gasteiger partial charge in [-0.2, -0.15) is 0 Å². The van der Waals surface area contributed by atoms with E-state index in [2.05, 4.69) is 15.5 Å². The van der Waals surface area contributed by atoms with Crippen molar-refractivity contribution in [2.45, 2.75) is 49.2 Å². The summed E-state index contributed by atoms with van der Waals surface area (Å²) in [6, 6.07) is 4.80. The van der Waals surface area contributed by atoms with Gasteiger partial charge in [0.05, 0.1) is 5.25 Å². The van der Waals surface area contributed by atoms with E-state index in [1.807, 2.05) is 0 Å². The second-order valence-corrected chi connectivity index (χ2v) is 8.73. The fourth-order valence-electron chi connectivity index (χ4n) is 2.35. The predicted octanol–water partition coefficient (Wildman–Crippen LogP) is 3.62. The molecule has 1 heterocycles. The van der Waals surface area contributed by atoms with Gasteiger partial charge >= 0.3 is 0 Å². The summed E-state index contributed by atoms with van der Waals surface area (Å²) < 4.78 is 14.2. The van der Waals surface area contributed by atoms with Crippen LogP contribution in [0.15, 0.2) is 22.5 Å². The number of halogens is 1. The van der Waals surface area contributed by atoms with Crippen LogP contribution in [0.2, 0.25) is 0 Å². The lowest BCUT2D eigenvalue weighted by molar-refractivity contribution is -0.117. The Morgan fingerprint density at radius 2 is 2.12 bits per heavy atom. The standard InChI is InChI=1S/C17H19FN4O2S2/c1-9-4-5-12(8-14(9)18)19-15(24)10(2)25-17-21-20-16(26-17)22(11(3)23)13-6-7-13/h4-5,8,10,13H,6-7H2,1-3H3,(H,19,24). The van der Waals surface area contributed by atoms with Crippen LogP contribution in [-0.2, 0) is 9.59 Å². The average Bonchev–Trinajstić information content (AvgIpc) is 3.30. The maximum Gasteiger partial charge on any atom is 0.237 e. The van der Waals surface area contributed by atoms with Crippen LogP contribution in [0.25, 0.3) is 0 Å². The topological polar surface area (TPSA) is 75.2 Å². The van der Waals surface area contributed by atoms with E-state index in [9.17, 15) is 14.0 Å². The van der Waals surface area contributed by atoms with Crippen molar-refractivity contribution in [1.29, 1.82) is 0 Å². The number of nitrogens with one attached hydrogen (secondary N) is 1. The number of rotatable bonds is 6. The Hall–Kier alpha value is -2.00. The quantitative estimate of drug-likeness (QED) is 0.598. The molecule has 1 aliphatic carbocycles. The summed E-state index contributed by atoms with van der Waals surface area (Å²) in [7, 11) is 0. The Morgan fingerprint density at radius 3 is 2.73 bits per heavy atom. The lowest BCUT2D eigenvalue weighted by Gasteiger charge is -2.15. The Bertz CT molecular complexity index is 838. The number of amides is 2. The number of benzene rings is 1. The zero-order valence-electron chi connectivity index (χ0n) is 14.7. The number of nitrogens with zero attached hydrogens (tertiary/aromatic N) is 3. The molecule has 2 aromatic rings. The summed E-state index contributed by atoms with van der Waals surface area (Å²) in [5, 5.41) is 11.0. The van der Waals surface area contributed by atoms with Crippen LogP contribution < -0.4 is 10.2 Å². The second-order valence-electron chi connectivity index (χ2n) is 6.18.